The van der Waals surface area contributed by atoms with Gasteiger partial charge in [0.1, 0.15) is 0 Å². The molecule has 0 heterocycles. The van der Waals surface area contributed by atoms with Gasteiger partial charge in [-0.05, 0) is 46.8 Å². The molecule has 1 aliphatic rings. The number of halogens is 1. The van der Waals surface area contributed by atoms with E-state index in [4.69, 9.17) is 0 Å². The molecule has 1 aromatic rings. The van der Waals surface area contributed by atoms with Gasteiger partial charge in [0.15, 0.2) is 14.6 Å². The third-order valence-corrected chi connectivity index (χ3v) is 7.00. The molecule has 0 bridgehead atoms. The van der Waals surface area contributed by atoms with Crippen molar-refractivity contribution in [1.82, 2.24) is 0 Å². The van der Waals surface area contributed by atoms with Crippen LogP contribution in [0.2, 0.25) is 0 Å². The van der Waals surface area contributed by atoms with Gasteiger partial charge in [0.2, 0.25) is 0 Å². The van der Waals surface area contributed by atoms with E-state index in [2.05, 4.69) is 15.9 Å². The molecule has 0 unspecified atom stereocenters. The Morgan fingerprint density at radius 2 is 2.06 bits per heavy atom. The van der Waals surface area contributed by atoms with Crippen LogP contribution >= 0.6 is 15.9 Å². The lowest BCUT2D eigenvalue weighted by atomic mass is 9.73. The van der Waals surface area contributed by atoms with E-state index in [-0.39, 0.29) is 4.90 Å². The van der Waals surface area contributed by atoms with Gasteiger partial charge in [0, 0.05) is 4.47 Å². The Kier molecular flexibility index (Phi) is 3.52. The second kappa shape index (κ2) is 4.67. The average Bonchev–Trinajstić information content (AvgIpc) is 2.28. The third-order valence-electron chi connectivity index (χ3n) is 3.66. The highest BCUT2D eigenvalue weighted by molar-refractivity contribution is 9.10. The molecule has 0 atom stereocenters. The molecular formula is C13H14BrNO2S. The molecule has 18 heavy (non-hydrogen) atoms. The van der Waals surface area contributed by atoms with Gasteiger partial charge in [-0.25, -0.2) is 8.42 Å². The van der Waals surface area contributed by atoms with Crippen LogP contribution in [0.3, 0.4) is 0 Å². The number of hydrogen-bond donors (Lipinski definition) is 0. The predicted octanol–water partition coefficient (Wildman–Crippen LogP) is 3.31. The van der Waals surface area contributed by atoms with E-state index in [9.17, 15) is 13.7 Å². The van der Waals surface area contributed by atoms with Crippen LogP contribution in [0.5, 0.6) is 0 Å². The summed E-state index contributed by atoms with van der Waals surface area (Å²) in [6.07, 6.45) is 1.82. The number of nitrogens with zero attached hydrogens (tertiary/aromatic N) is 1. The van der Waals surface area contributed by atoms with E-state index in [1.807, 2.05) is 13.0 Å². The SMILES string of the molecule is CCC1CC(C#N)(S(=O)(=O)c2ccccc2Br)C1. The van der Waals surface area contributed by atoms with E-state index in [0.29, 0.717) is 23.2 Å². The van der Waals surface area contributed by atoms with Crippen molar-refractivity contribution in [1.29, 1.82) is 5.26 Å². The summed E-state index contributed by atoms with van der Waals surface area (Å²) in [6.45, 7) is 2.02. The van der Waals surface area contributed by atoms with Crippen LogP contribution < -0.4 is 0 Å². The highest BCUT2D eigenvalue weighted by Crippen LogP contribution is 2.48. The summed E-state index contributed by atoms with van der Waals surface area (Å²) in [4.78, 5) is 0.223. The molecule has 1 fully saturated rings. The number of hydrogen-bond acceptors (Lipinski definition) is 3. The summed E-state index contributed by atoms with van der Waals surface area (Å²) in [5, 5.41) is 9.29. The summed E-state index contributed by atoms with van der Waals surface area (Å²) >= 11 is 3.25. The Hall–Kier alpha value is -0.860. The highest BCUT2D eigenvalue weighted by atomic mass is 79.9. The zero-order valence-electron chi connectivity index (χ0n) is 10.1. The van der Waals surface area contributed by atoms with E-state index in [1.54, 1.807) is 24.3 Å². The standard InChI is InChI=1S/C13H14BrNO2S/c1-2-10-7-13(8-10,9-15)18(16,17)12-6-4-3-5-11(12)14/h3-6,10H,2,7-8H2,1H3. The van der Waals surface area contributed by atoms with E-state index >= 15 is 0 Å². The van der Waals surface area contributed by atoms with Crippen molar-refractivity contribution in [3.63, 3.8) is 0 Å². The summed E-state index contributed by atoms with van der Waals surface area (Å²) < 4.78 is 24.5. The maximum atomic E-state index is 12.6. The van der Waals surface area contributed by atoms with Crippen molar-refractivity contribution in [2.45, 2.75) is 35.8 Å². The molecule has 0 N–H and O–H groups in total. The maximum absolute atomic E-state index is 12.6. The number of sulfone groups is 1. The molecule has 96 valence electrons. The van der Waals surface area contributed by atoms with Crippen LogP contribution in [-0.2, 0) is 9.84 Å². The zero-order valence-corrected chi connectivity index (χ0v) is 12.5. The van der Waals surface area contributed by atoms with Crippen LogP contribution in [0.25, 0.3) is 0 Å². The molecule has 0 radical (unpaired) electrons. The Balaban J connectivity index is 2.45. The first-order valence-electron chi connectivity index (χ1n) is 5.87. The fourth-order valence-corrected chi connectivity index (χ4v) is 5.36. The molecule has 0 aromatic heterocycles. The van der Waals surface area contributed by atoms with Gasteiger partial charge in [0.05, 0.1) is 11.0 Å². The normalized spacial score (nSPS) is 27.3. The molecule has 0 spiro atoms. The smallest absolute Gasteiger partial charge is 0.198 e. The molecular weight excluding hydrogens is 314 g/mol. The van der Waals surface area contributed by atoms with Gasteiger partial charge >= 0.3 is 0 Å². The molecule has 5 heteroatoms. The van der Waals surface area contributed by atoms with E-state index in [0.717, 1.165) is 6.42 Å². The van der Waals surface area contributed by atoms with Gasteiger partial charge in [-0.3, -0.25) is 0 Å². The van der Waals surface area contributed by atoms with Crippen molar-refractivity contribution >= 4 is 25.8 Å². The van der Waals surface area contributed by atoms with Crippen molar-refractivity contribution in [3.8, 4) is 6.07 Å². The fraction of sp³-hybridized carbons (Fsp3) is 0.462. The second-order valence-electron chi connectivity index (χ2n) is 4.72. The first-order chi connectivity index (χ1) is 8.47. The minimum absolute atomic E-state index is 0.223. The van der Waals surface area contributed by atoms with Gasteiger partial charge in [-0.2, -0.15) is 5.26 Å². The molecule has 3 nitrogen and oxygen atoms in total. The monoisotopic (exact) mass is 327 g/mol. The third kappa shape index (κ3) is 1.88. The average molecular weight is 328 g/mol. The quantitative estimate of drug-likeness (QED) is 0.855. The summed E-state index contributed by atoms with van der Waals surface area (Å²) in [7, 11) is -3.60. The number of nitriles is 1. The van der Waals surface area contributed by atoms with Crippen LogP contribution in [-0.4, -0.2) is 13.2 Å². The first-order valence-corrected chi connectivity index (χ1v) is 8.15. The van der Waals surface area contributed by atoms with Crippen LogP contribution in [0.4, 0.5) is 0 Å². The molecule has 2 rings (SSSR count). The fourth-order valence-electron chi connectivity index (χ4n) is 2.41. The lowest BCUT2D eigenvalue weighted by molar-refractivity contribution is 0.256. The minimum atomic E-state index is -3.60. The van der Waals surface area contributed by atoms with Gasteiger partial charge in [-0.15, -0.1) is 0 Å². The minimum Gasteiger partial charge on any atom is -0.222 e. The van der Waals surface area contributed by atoms with Crippen LogP contribution in [0.1, 0.15) is 26.2 Å². The summed E-state index contributed by atoms with van der Waals surface area (Å²) in [6, 6.07) is 8.72. The molecule has 1 aliphatic carbocycles. The van der Waals surface area contributed by atoms with Crippen molar-refractivity contribution in [2.75, 3.05) is 0 Å². The first kappa shape index (κ1) is 13.6. The lowest BCUT2D eigenvalue weighted by Gasteiger charge is -2.41. The predicted molar refractivity (Wildman–Crippen MR) is 72.7 cm³/mol. The molecule has 1 aromatic carbocycles. The molecule has 1 saturated carbocycles. The Labute approximate surface area is 116 Å². The lowest BCUT2D eigenvalue weighted by Crippen LogP contribution is -2.49. The van der Waals surface area contributed by atoms with Crippen LogP contribution in [0.15, 0.2) is 33.6 Å². The van der Waals surface area contributed by atoms with Crippen LogP contribution in [0, 0.1) is 17.2 Å². The maximum Gasteiger partial charge on any atom is 0.198 e. The van der Waals surface area contributed by atoms with Gasteiger partial charge < -0.3 is 0 Å². The Morgan fingerprint density at radius 1 is 1.44 bits per heavy atom. The second-order valence-corrected chi connectivity index (χ2v) is 7.80. The summed E-state index contributed by atoms with van der Waals surface area (Å²) in [5.41, 5.74) is 0. The van der Waals surface area contributed by atoms with E-state index in [1.165, 1.54) is 0 Å². The van der Waals surface area contributed by atoms with Gasteiger partial charge in [0.25, 0.3) is 0 Å². The number of benzene rings is 1. The van der Waals surface area contributed by atoms with Gasteiger partial charge in [-0.1, -0.05) is 25.5 Å². The molecule has 0 amide bonds. The van der Waals surface area contributed by atoms with Crippen molar-refractivity contribution < 1.29 is 8.42 Å². The largest absolute Gasteiger partial charge is 0.222 e. The topological polar surface area (TPSA) is 57.9 Å². The zero-order chi connectivity index (χ0) is 13.4. The summed E-state index contributed by atoms with van der Waals surface area (Å²) in [5.74, 6) is 0.349. The highest BCUT2D eigenvalue weighted by Gasteiger charge is 2.54. The Bertz CT molecular complexity index is 598. The van der Waals surface area contributed by atoms with Crippen molar-refractivity contribution in [2.24, 2.45) is 5.92 Å². The van der Waals surface area contributed by atoms with E-state index < -0.39 is 14.6 Å². The molecule has 0 aliphatic heterocycles. The van der Waals surface area contributed by atoms with Crippen molar-refractivity contribution in [3.05, 3.63) is 28.7 Å². The molecule has 0 saturated heterocycles. The number of rotatable bonds is 3. The Morgan fingerprint density at radius 3 is 2.56 bits per heavy atom.